The normalized spacial score (nSPS) is 11.2. The molecule has 0 radical (unpaired) electrons. The lowest BCUT2D eigenvalue weighted by atomic mass is 10.1. The largest absolute Gasteiger partial charge is 0.397 e. The Balaban J connectivity index is 2.42. The van der Waals surface area contributed by atoms with Gasteiger partial charge in [0.1, 0.15) is 9.71 Å². The van der Waals surface area contributed by atoms with Crippen molar-refractivity contribution in [3.8, 4) is 0 Å². The second-order valence-corrected chi connectivity index (χ2v) is 6.21. The van der Waals surface area contributed by atoms with Gasteiger partial charge in [-0.05, 0) is 31.4 Å². The van der Waals surface area contributed by atoms with Crippen molar-refractivity contribution in [2.45, 2.75) is 27.7 Å². The molecule has 5 heteroatoms. The molecule has 0 fully saturated rings. The van der Waals surface area contributed by atoms with E-state index in [9.17, 15) is 4.79 Å². The van der Waals surface area contributed by atoms with E-state index in [2.05, 4.69) is 24.1 Å². The summed E-state index contributed by atoms with van der Waals surface area (Å²) in [6.45, 7) is 8.71. The highest BCUT2D eigenvalue weighted by molar-refractivity contribution is 7.21. The van der Waals surface area contributed by atoms with Crippen molar-refractivity contribution in [1.29, 1.82) is 0 Å². The zero-order valence-corrected chi connectivity index (χ0v) is 12.5. The van der Waals surface area contributed by atoms with E-state index < -0.39 is 0 Å². The Morgan fingerprint density at radius 3 is 2.79 bits per heavy atom. The zero-order chi connectivity index (χ0) is 14.2. The minimum absolute atomic E-state index is 0.105. The van der Waals surface area contributed by atoms with Gasteiger partial charge in [0, 0.05) is 17.6 Å². The van der Waals surface area contributed by atoms with E-state index in [0.29, 0.717) is 23.0 Å². The van der Waals surface area contributed by atoms with Gasteiger partial charge in [0.15, 0.2) is 0 Å². The average molecular weight is 277 g/mol. The van der Waals surface area contributed by atoms with Crippen LogP contribution in [-0.2, 0) is 0 Å². The Morgan fingerprint density at radius 2 is 2.16 bits per heavy atom. The van der Waals surface area contributed by atoms with Gasteiger partial charge in [-0.2, -0.15) is 0 Å². The van der Waals surface area contributed by atoms with Crippen LogP contribution in [0.1, 0.15) is 34.8 Å². The molecule has 0 aromatic carbocycles. The van der Waals surface area contributed by atoms with Crippen LogP contribution in [0.15, 0.2) is 6.07 Å². The molecule has 2 aromatic heterocycles. The molecule has 0 spiro atoms. The summed E-state index contributed by atoms with van der Waals surface area (Å²) in [5.41, 5.74) is 8.67. The molecule has 0 atom stereocenters. The van der Waals surface area contributed by atoms with E-state index in [1.807, 2.05) is 19.9 Å². The van der Waals surface area contributed by atoms with Crippen LogP contribution >= 0.6 is 11.3 Å². The van der Waals surface area contributed by atoms with Gasteiger partial charge >= 0.3 is 0 Å². The van der Waals surface area contributed by atoms with Gasteiger partial charge in [-0.1, -0.05) is 13.8 Å². The van der Waals surface area contributed by atoms with Crippen LogP contribution in [-0.4, -0.2) is 17.4 Å². The maximum absolute atomic E-state index is 12.1. The van der Waals surface area contributed by atoms with Crippen molar-refractivity contribution in [1.82, 2.24) is 10.3 Å². The fourth-order valence-corrected chi connectivity index (χ4v) is 3.15. The monoisotopic (exact) mass is 277 g/mol. The Labute approximate surface area is 117 Å². The molecule has 2 heterocycles. The van der Waals surface area contributed by atoms with Gasteiger partial charge < -0.3 is 11.1 Å². The fourth-order valence-electron chi connectivity index (χ4n) is 2.01. The van der Waals surface area contributed by atoms with Crippen LogP contribution in [0.3, 0.4) is 0 Å². The minimum atomic E-state index is -0.105. The predicted molar refractivity (Wildman–Crippen MR) is 80.7 cm³/mol. The standard InChI is InChI=1S/C14H19N3OS/c1-7(2)6-16-13(18)12-11(15)10-8(3)5-9(4)17-14(10)19-12/h5,7H,6,15H2,1-4H3,(H,16,18). The van der Waals surface area contributed by atoms with Crippen LogP contribution in [0.25, 0.3) is 10.2 Å². The quantitative estimate of drug-likeness (QED) is 0.906. The number of hydrogen-bond donors (Lipinski definition) is 2. The van der Waals surface area contributed by atoms with Gasteiger partial charge in [0.05, 0.1) is 5.69 Å². The van der Waals surface area contributed by atoms with Crippen LogP contribution in [0.5, 0.6) is 0 Å². The van der Waals surface area contributed by atoms with E-state index >= 15 is 0 Å². The van der Waals surface area contributed by atoms with Crippen LogP contribution in [0, 0.1) is 19.8 Å². The first-order valence-electron chi connectivity index (χ1n) is 6.34. The lowest BCUT2D eigenvalue weighted by Crippen LogP contribution is -2.27. The number of pyridine rings is 1. The molecule has 3 N–H and O–H groups in total. The van der Waals surface area contributed by atoms with E-state index in [1.54, 1.807) is 0 Å². The molecule has 0 aliphatic rings. The number of anilines is 1. The van der Waals surface area contributed by atoms with Crippen molar-refractivity contribution in [3.63, 3.8) is 0 Å². The van der Waals surface area contributed by atoms with Crippen molar-refractivity contribution >= 4 is 33.1 Å². The molecule has 0 aliphatic carbocycles. The minimum Gasteiger partial charge on any atom is -0.397 e. The highest BCUT2D eigenvalue weighted by Crippen LogP contribution is 2.34. The van der Waals surface area contributed by atoms with E-state index in [4.69, 9.17) is 5.73 Å². The maximum atomic E-state index is 12.1. The predicted octanol–water partition coefficient (Wildman–Crippen LogP) is 2.88. The molecule has 0 aliphatic heterocycles. The molecule has 4 nitrogen and oxygen atoms in total. The first-order valence-corrected chi connectivity index (χ1v) is 7.16. The summed E-state index contributed by atoms with van der Waals surface area (Å²) in [5.74, 6) is 0.313. The van der Waals surface area contributed by atoms with Gasteiger partial charge in [0.2, 0.25) is 0 Å². The number of nitrogen functional groups attached to an aromatic ring is 1. The number of carbonyl (C=O) groups is 1. The molecular formula is C14H19N3OS. The van der Waals surface area contributed by atoms with Crippen molar-refractivity contribution in [3.05, 3.63) is 22.2 Å². The molecule has 1 amide bonds. The zero-order valence-electron chi connectivity index (χ0n) is 11.7. The molecule has 19 heavy (non-hydrogen) atoms. The summed E-state index contributed by atoms with van der Waals surface area (Å²) in [6, 6.07) is 1.99. The number of nitrogens with one attached hydrogen (secondary N) is 1. The van der Waals surface area contributed by atoms with Crippen LogP contribution < -0.4 is 11.1 Å². The number of carbonyl (C=O) groups excluding carboxylic acids is 1. The second kappa shape index (κ2) is 5.17. The van der Waals surface area contributed by atoms with Crippen molar-refractivity contribution < 1.29 is 4.79 Å². The number of nitrogens with zero attached hydrogens (tertiary/aromatic N) is 1. The Hall–Kier alpha value is -1.62. The maximum Gasteiger partial charge on any atom is 0.263 e. The summed E-state index contributed by atoms with van der Waals surface area (Å²) >= 11 is 1.36. The van der Waals surface area contributed by atoms with E-state index in [-0.39, 0.29) is 5.91 Å². The second-order valence-electron chi connectivity index (χ2n) is 5.21. The highest BCUT2D eigenvalue weighted by atomic mass is 32.1. The number of nitrogens with two attached hydrogens (primary N) is 1. The number of hydrogen-bond acceptors (Lipinski definition) is 4. The Bertz CT molecular complexity index is 631. The highest BCUT2D eigenvalue weighted by Gasteiger charge is 2.18. The van der Waals surface area contributed by atoms with Gasteiger partial charge in [-0.3, -0.25) is 4.79 Å². The Morgan fingerprint density at radius 1 is 1.47 bits per heavy atom. The number of aromatic nitrogens is 1. The van der Waals surface area contributed by atoms with E-state index in [0.717, 1.165) is 21.5 Å². The topological polar surface area (TPSA) is 68.0 Å². The SMILES string of the molecule is Cc1cc(C)c2c(N)c(C(=O)NCC(C)C)sc2n1. The number of rotatable bonds is 3. The van der Waals surface area contributed by atoms with Crippen molar-refractivity contribution in [2.24, 2.45) is 5.92 Å². The van der Waals surface area contributed by atoms with Gasteiger partial charge in [-0.15, -0.1) is 11.3 Å². The molecule has 0 saturated heterocycles. The summed E-state index contributed by atoms with van der Waals surface area (Å²) in [7, 11) is 0. The lowest BCUT2D eigenvalue weighted by Gasteiger charge is -2.06. The molecule has 0 bridgehead atoms. The van der Waals surface area contributed by atoms with Crippen molar-refractivity contribution in [2.75, 3.05) is 12.3 Å². The number of amides is 1. The first-order chi connectivity index (χ1) is 8.90. The first kappa shape index (κ1) is 13.8. The van der Waals surface area contributed by atoms with Gasteiger partial charge in [-0.25, -0.2) is 4.98 Å². The van der Waals surface area contributed by atoms with Crippen LogP contribution in [0.4, 0.5) is 5.69 Å². The third-order valence-corrected chi connectivity index (χ3v) is 4.00. The van der Waals surface area contributed by atoms with E-state index in [1.165, 1.54) is 11.3 Å². The summed E-state index contributed by atoms with van der Waals surface area (Å²) in [5, 5.41) is 3.81. The van der Waals surface area contributed by atoms with Gasteiger partial charge in [0.25, 0.3) is 5.91 Å². The third-order valence-electron chi connectivity index (χ3n) is 2.90. The molecular weight excluding hydrogens is 258 g/mol. The average Bonchev–Trinajstić information content (AvgIpc) is 2.63. The molecule has 0 unspecified atom stereocenters. The summed E-state index contributed by atoms with van der Waals surface area (Å²) in [4.78, 5) is 18.0. The smallest absolute Gasteiger partial charge is 0.263 e. The molecule has 2 rings (SSSR count). The summed E-state index contributed by atoms with van der Waals surface area (Å²) < 4.78 is 0. The summed E-state index contributed by atoms with van der Waals surface area (Å²) in [6.07, 6.45) is 0. The molecule has 2 aromatic rings. The number of aryl methyl sites for hydroxylation is 2. The lowest BCUT2D eigenvalue weighted by molar-refractivity contribution is 0.0954. The van der Waals surface area contributed by atoms with Crippen LogP contribution in [0.2, 0.25) is 0 Å². The fraction of sp³-hybridized carbons (Fsp3) is 0.429. The Kier molecular flexibility index (Phi) is 3.75. The third kappa shape index (κ3) is 2.71. The molecule has 102 valence electrons. The number of thiophene rings is 1. The number of fused-ring (bicyclic) bond motifs is 1. The molecule has 0 saturated carbocycles.